The molecule has 1 N–H and O–H groups in total. The van der Waals surface area contributed by atoms with Gasteiger partial charge in [-0.25, -0.2) is 14.6 Å². The normalized spacial score (nSPS) is 11.0. The van der Waals surface area contributed by atoms with E-state index in [1.54, 1.807) is 36.4 Å². The van der Waals surface area contributed by atoms with Crippen LogP contribution in [0.15, 0.2) is 95.4 Å². The molecule has 2 aromatic heterocycles. The van der Waals surface area contributed by atoms with E-state index in [1.165, 1.54) is 33.7 Å². The van der Waals surface area contributed by atoms with Gasteiger partial charge < -0.3 is 5.32 Å². The van der Waals surface area contributed by atoms with Gasteiger partial charge in [-0.3, -0.25) is 14.2 Å². The summed E-state index contributed by atoms with van der Waals surface area (Å²) < 4.78 is 3.07. The highest BCUT2D eigenvalue weighted by atomic mass is 35.5. The molecule has 0 spiro atoms. The largest absolute Gasteiger partial charge is 0.323 e. The Balaban J connectivity index is 1.45. The lowest BCUT2D eigenvalue weighted by Crippen LogP contribution is -2.23. The third kappa shape index (κ3) is 4.43. The van der Waals surface area contributed by atoms with Crippen molar-refractivity contribution in [2.24, 2.45) is 0 Å². The molecule has 34 heavy (non-hydrogen) atoms. The Morgan fingerprint density at radius 2 is 1.82 bits per heavy atom. The minimum Gasteiger partial charge on any atom is -0.323 e. The lowest BCUT2D eigenvalue weighted by atomic mass is 10.2. The number of halogens is 1. The molecule has 8 nitrogen and oxygen atoms in total. The zero-order valence-electron chi connectivity index (χ0n) is 17.6. The molecule has 3 aromatic carbocycles. The molecular formula is C24H17ClN6O2S. The third-order valence-corrected chi connectivity index (χ3v) is 6.16. The molecule has 0 bridgehead atoms. The number of fused-ring (bicyclic) bond motifs is 1. The zero-order valence-corrected chi connectivity index (χ0v) is 19.2. The molecule has 5 aromatic rings. The second kappa shape index (κ2) is 9.50. The van der Waals surface area contributed by atoms with E-state index < -0.39 is 0 Å². The molecule has 0 unspecified atom stereocenters. The minimum atomic E-state index is -0.282. The number of benzene rings is 3. The van der Waals surface area contributed by atoms with Gasteiger partial charge in [0, 0.05) is 5.02 Å². The van der Waals surface area contributed by atoms with Crippen molar-refractivity contribution in [2.75, 3.05) is 11.1 Å². The van der Waals surface area contributed by atoms with Crippen molar-refractivity contribution >= 4 is 45.9 Å². The predicted molar refractivity (Wildman–Crippen MR) is 133 cm³/mol. The Morgan fingerprint density at radius 1 is 1.03 bits per heavy atom. The minimum absolute atomic E-state index is 0.0287. The van der Waals surface area contributed by atoms with E-state index >= 15 is 0 Å². The van der Waals surface area contributed by atoms with Crippen molar-refractivity contribution in [1.29, 1.82) is 0 Å². The molecule has 0 aliphatic carbocycles. The SMILES string of the molecule is O=C(CSc1nc2ccccc2c(=O)n1-c1ccccc1)Nc1cc(Cl)ccc1-n1cncn1. The lowest BCUT2D eigenvalue weighted by molar-refractivity contribution is -0.113. The van der Waals surface area contributed by atoms with Crippen LogP contribution in [0, 0.1) is 0 Å². The number of anilines is 1. The highest BCUT2D eigenvalue weighted by Crippen LogP contribution is 2.25. The Bertz CT molecular complexity index is 1540. The standard InChI is InChI=1S/C24H17ClN6O2S/c25-16-10-11-21(30-15-26-14-27-30)20(12-16)28-22(32)13-34-24-29-19-9-5-4-8-18(19)23(33)31(24)17-6-2-1-3-7-17/h1-12,14-15H,13H2,(H,28,32). The van der Waals surface area contributed by atoms with E-state index in [2.05, 4.69) is 20.4 Å². The molecule has 1 amide bonds. The molecule has 0 fully saturated rings. The molecule has 0 aliphatic heterocycles. The lowest BCUT2D eigenvalue weighted by Gasteiger charge is -2.14. The summed E-state index contributed by atoms with van der Waals surface area (Å²) in [6, 6.07) is 21.5. The van der Waals surface area contributed by atoms with E-state index in [0.29, 0.717) is 38.1 Å². The van der Waals surface area contributed by atoms with Gasteiger partial charge in [0.15, 0.2) is 5.16 Å². The number of thioether (sulfide) groups is 1. The van der Waals surface area contributed by atoms with E-state index in [4.69, 9.17) is 11.6 Å². The van der Waals surface area contributed by atoms with Crippen LogP contribution in [0.3, 0.4) is 0 Å². The highest BCUT2D eigenvalue weighted by molar-refractivity contribution is 7.99. The fourth-order valence-corrected chi connectivity index (χ4v) is 4.46. The van der Waals surface area contributed by atoms with Gasteiger partial charge in [0.05, 0.1) is 33.7 Å². The smallest absolute Gasteiger partial charge is 0.266 e. The van der Waals surface area contributed by atoms with Crippen LogP contribution in [0.2, 0.25) is 5.02 Å². The molecule has 5 rings (SSSR count). The Kier molecular flexibility index (Phi) is 6.11. The van der Waals surface area contributed by atoms with Crippen molar-refractivity contribution in [3.63, 3.8) is 0 Å². The number of aromatic nitrogens is 5. The molecule has 168 valence electrons. The van der Waals surface area contributed by atoms with E-state index in [0.717, 1.165) is 0 Å². The van der Waals surface area contributed by atoms with Crippen molar-refractivity contribution in [1.82, 2.24) is 24.3 Å². The summed E-state index contributed by atoms with van der Waals surface area (Å²) in [6.07, 6.45) is 2.94. The molecule has 0 atom stereocenters. The van der Waals surface area contributed by atoms with E-state index in [-0.39, 0.29) is 17.2 Å². The number of amides is 1. The van der Waals surface area contributed by atoms with Gasteiger partial charge in [0.2, 0.25) is 5.91 Å². The monoisotopic (exact) mass is 488 g/mol. The zero-order chi connectivity index (χ0) is 23.5. The van der Waals surface area contributed by atoms with Crippen molar-refractivity contribution in [2.45, 2.75) is 5.16 Å². The number of para-hydroxylation sites is 2. The molecular weight excluding hydrogens is 472 g/mol. The van der Waals surface area contributed by atoms with E-state index in [1.807, 2.05) is 36.4 Å². The van der Waals surface area contributed by atoms with Crippen LogP contribution in [0.1, 0.15) is 0 Å². The first-order valence-corrected chi connectivity index (χ1v) is 11.6. The maximum Gasteiger partial charge on any atom is 0.266 e. The first kappa shape index (κ1) is 21.9. The van der Waals surface area contributed by atoms with Gasteiger partial charge in [-0.2, -0.15) is 5.10 Å². The molecule has 10 heteroatoms. The maximum atomic E-state index is 13.3. The average Bonchev–Trinajstić information content (AvgIpc) is 3.38. The van der Waals surface area contributed by atoms with Gasteiger partial charge >= 0.3 is 0 Å². The number of nitrogens with one attached hydrogen (secondary N) is 1. The number of carbonyl (C=O) groups excluding carboxylic acids is 1. The Morgan fingerprint density at radius 3 is 2.62 bits per heavy atom. The van der Waals surface area contributed by atoms with Crippen LogP contribution in [0.4, 0.5) is 5.69 Å². The second-order valence-electron chi connectivity index (χ2n) is 7.23. The van der Waals surface area contributed by atoms with Gasteiger partial charge in [-0.05, 0) is 42.5 Å². The second-order valence-corrected chi connectivity index (χ2v) is 8.60. The van der Waals surface area contributed by atoms with Crippen LogP contribution in [0.5, 0.6) is 0 Å². The summed E-state index contributed by atoms with van der Waals surface area (Å²) in [5, 5.41) is 8.40. The molecule has 0 aliphatic rings. The number of carbonyl (C=O) groups is 1. The van der Waals surface area contributed by atoms with Crippen LogP contribution in [-0.2, 0) is 4.79 Å². The van der Waals surface area contributed by atoms with Gasteiger partial charge in [0.25, 0.3) is 5.56 Å². The first-order valence-electron chi connectivity index (χ1n) is 10.2. The number of hydrogen-bond acceptors (Lipinski definition) is 6. The fourth-order valence-electron chi connectivity index (χ4n) is 3.47. The number of rotatable bonds is 6. The predicted octanol–water partition coefficient (Wildman–Crippen LogP) is 4.35. The van der Waals surface area contributed by atoms with Crippen molar-refractivity contribution in [3.8, 4) is 11.4 Å². The van der Waals surface area contributed by atoms with E-state index in [9.17, 15) is 9.59 Å². The quantitative estimate of drug-likeness (QED) is 0.282. The molecule has 2 heterocycles. The topological polar surface area (TPSA) is 94.7 Å². The first-order chi connectivity index (χ1) is 16.6. The summed E-state index contributed by atoms with van der Waals surface area (Å²) in [5.74, 6) is -0.253. The maximum absolute atomic E-state index is 13.3. The summed E-state index contributed by atoms with van der Waals surface area (Å²) in [7, 11) is 0. The summed E-state index contributed by atoms with van der Waals surface area (Å²) in [4.78, 5) is 34.8. The average molecular weight is 489 g/mol. The Hall–Kier alpha value is -3.95. The third-order valence-electron chi connectivity index (χ3n) is 4.99. The van der Waals surface area contributed by atoms with Gasteiger partial charge in [-0.1, -0.05) is 53.7 Å². The summed E-state index contributed by atoms with van der Waals surface area (Å²) in [5.41, 5.74) is 2.19. The van der Waals surface area contributed by atoms with Crippen LogP contribution >= 0.6 is 23.4 Å². The molecule has 0 saturated heterocycles. The van der Waals surface area contributed by atoms with Crippen LogP contribution in [-0.4, -0.2) is 36.0 Å². The number of nitrogens with zero attached hydrogens (tertiary/aromatic N) is 5. The molecule has 0 radical (unpaired) electrons. The van der Waals surface area contributed by atoms with Crippen molar-refractivity contribution in [3.05, 3.63) is 101 Å². The number of hydrogen-bond donors (Lipinski definition) is 1. The summed E-state index contributed by atoms with van der Waals surface area (Å²) in [6.45, 7) is 0. The van der Waals surface area contributed by atoms with Crippen LogP contribution < -0.4 is 10.9 Å². The van der Waals surface area contributed by atoms with Gasteiger partial charge in [0.1, 0.15) is 12.7 Å². The van der Waals surface area contributed by atoms with Crippen LogP contribution in [0.25, 0.3) is 22.3 Å². The Labute approximate surface area is 203 Å². The fraction of sp³-hybridized carbons (Fsp3) is 0.0417. The highest BCUT2D eigenvalue weighted by Gasteiger charge is 2.16. The van der Waals surface area contributed by atoms with Gasteiger partial charge in [-0.15, -0.1) is 0 Å². The van der Waals surface area contributed by atoms with Crippen molar-refractivity contribution < 1.29 is 4.79 Å². The summed E-state index contributed by atoms with van der Waals surface area (Å²) >= 11 is 7.32. The molecule has 0 saturated carbocycles.